The van der Waals surface area contributed by atoms with Crippen LogP contribution in [-0.4, -0.2) is 0 Å². The fourth-order valence-corrected chi connectivity index (χ4v) is 6.07. The van der Waals surface area contributed by atoms with Crippen molar-refractivity contribution in [2.45, 2.75) is 0 Å². The number of rotatable bonds is 5. The van der Waals surface area contributed by atoms with Crippen molar-refractivity contribution in [2.24, 2.45) is 0 Å². The smallest absolute Gasteiger partial charge is 0.160 e. The molecule has 0 saturated heterocycles. The van der Waals surface area contributed by atoms with Crippen LogP contribution in [0.4, 0.5) is 17.1 Å². The van der Waals surface area contributed by atoms with Gasteiger partial charge in [-0.15, -0.1) is 0 Å². The Labute approximate surface area is 244 Å². The Morgan fingerprint density at radius 1 is 0.381 bits per heavy atom. The number of hydrogen-bond donors (Lipinski definition) is 0. The molecular formula is C40H27NO. The predicted molar refractivity (Wildman–Crippen MR) is 177 cm³/mol. The Morgan fingerprint density at radius 2 is 0.952 bits per heavy atom. The van der Waals surface area contributed by atoms with E-state index in [2.05, 4.69) is 169 Å². The largest absolute Gasteiger partial charge is 0.453 e. The summed E-state index contributed by atoms with van der Waals surface area (Å²) in [5.74, 6) is 0. The molecular weight excluding hydrogens is 510 g/mol. The van der Waals surface area contributed by atoms with Gasteiger partial charge in [-0.3, -0.25) is 0 Å². The number of para-hydroxylation sites is 2. The van der Waals surface area contributed by atoms with Crippen molar-refractivity contribution in [1.29, 1.82) is 0 Å². The Kier molecular flexibility index (Phi) is 5.82. The standard InChI is InChI=1S/C40H27NO/c1-4-12-28(13-5-1)29-20-22-31(23-21-29)34-26-27-37(41(32-15-6-2-7-16-32)33-17-8-3-9-18-33)40-38(34)36-25-24-30-14-10-11-19-35(30)39(36)42-40/h1-27H. The van der Waals surface area contributed by atoms with E-state index in [4.69, 9.17) is 4.42 Å². The first kappa shape index (κ1) is 24.2. The molecule has 198 valence electrons. The molecule has 42 heavy (non-hydrogen) atoms. The molecule has 0 amide bonds. The van der Waals surface area contributed by atoms with Gasteiger partial charge in [0.1, 0.15) is 5.58 Å². The van der Waals surface area contributed by atoms with Crippen molar-refractivity contribution < 1.29 is 4.42 Å². The predicted octanol–water partition coefficient (Wildman–Crippen LogP) is 11.5. The monoisotopic (exact) mass is 537 g/mol. The van der Waals surface area contributed by atoms with E-state index in [-0.39, 0.29) is 0 Å². The van der Waals surface area contributed by atoms with E-state index in [0.717, 1.165) is 55.5 Å². The number of hydrogen-bond acceptors (Lipinski definition) is 2. The summed E-state index contributed by atoms with van der Waals surface area (Å²) in [6.07, 6.45) is 0. The number of anilines is 3. The second-order valence-corrected chi connectivity index (χ2v) is 10.6. The fourth-order valence-electron chi connectivity index (χ4n) is 6.07. The molecule has 0 aliphatic carbocycles. The maximum absolute atomic E-state index is 6.93. The van der Waals surface area contributed by atoms with Crippen molar-refractivity contribution in [3.63, 3.8) is 0 Å². The van der Waals surface area contributed by atoms with Crippen molar-refractivity contribution in [3.05, 3.63) is 164 Å². The molecule has 0 saturated carbocycles. The maximum atomic E-state index is 6.93. The molecule has 2 heteroatoms. The van der Waals surface area contributed by atoms with E-state index < -0.39 is 0 Å². The molecule has 1 aromatic heterocycles. The highest BCUT2D eigenvalue weighted by Crippen LogP contribution is 2.47. The van der Waals surface area contributed by atoms with Crippen molar-refractivity contribution in [1.82, 2.24) is 0 Å². The summed E-state index contributed by atoms with van der Waals surface area (Å²) in [6, 6.07) is 57.7. The van der Waals surface area contributed by atoms with Crippen LogP contribution < -0.4 is 4.90 Å². The average Bonchev–Trinajstić information content (AvgIpc) is 3.47. The highest BCUT2D eigenvalue weighted by Gasteiger charge is 2.22. The molecule has 1 heterocycles. The number of fused-ring (bicyclic) bond motifs is 5. The molecule has 2 nitrogen and oxygen atoms in total. The fraction of sp³-hybridized carbons (Fsp3) is 0. The zero-order valence-electron chi connectivity index (χ0n) is 22.9. The van der Waals surface area contributed by atoms with Gasteiger partial charge in [0.15, 0.2) is 5.58 Å². The van der Waals surface area contributed by atoms with Crippen LogP contribution in [0.25, 0.3) is 55.0 Å². The van der Waals surface area contributed by atoms with Crippen molar-refractivity contribution >= 4 is 49.8 Å². The van der Waals surface area contributed by atoms with Gasteiger partial charge in [0, 0.05) is 27.5 Å². The summed E-state index contributed by atoms with van der Waals surface area (Å²) in [5, 5.41) is 4.53. The zero-order chi connectivity index (χ0) is 27.9. The van der Waals surface area contributed by atoms with E-state index in [9.17, 15) is 0 Å². The first-order valence-electron chi connectivity index (χ1n) is 14.3. The van der Waals surface area contributed by atoms with Gasteiger partial charge in [-0.2, -0.15) is 0 Å². The summed E-state index contributed by atoms with van der Waals surface area (Å²) in [6.45, 7) is 0. The molecule has 0 bridgehead atoms. The molecule has 0 atom stereocenters. The van der Waals surface area contributed by atoms with E-state index in [0.29, 0.717) is 0 Å². The Balaban J connectivity index is 1.41. The normalized spacial score (nSPS) is 11.3. The SMILES string of the molecule is c1ccc(-c2ccc(-c3ccc(N(c4ccccc4)c4ccccc4)c4oc5c6ccccc6ccc5c34)cc2)cc1. The molecule has 0 aliphatic heterocycles. The lowest BCUT2D eigenvalue weighted by molar-refractivity contribution is 0.673. The quantitative estimate of drug-likeness (QED) is 0.217. The van der Waals surface area contributed by atoms with Crippen molar-refractivity contribution in [2.75, 3.05) is 4.90 Å². The van der Waals surface area contributed by atoms with Crippen LogP contribution in [0.15, 0.2) is 168 Å². The van der Waals surface area contributed by atoms with Gasteiger partial charge >= 0.3 is 0 Å². The molecule has 7 aromatic carbocycles. The first-order valence-corrected chi connectivity index (χ1v) is 14.3. The number of benzene rings is 7. The minimum absolute atomic E-state index is 0.874. The molecule has 0 radical (unpaired) electrons. The van der Waals surface area contributed by atoms with Crippen LogP contribution in [0.5, 0.6) is 0 Å². The minimum Gasteiger partial charge on any atom is -0.453 e. The summed E-state index contributed by atoms with van der Waals surface area (Å²) >= 11 is 0. The first-order chi connectivity index (χ1) is 20.8. The third-order valence-electron chi connectivity index (χ3n) is 8.06. The van der Waals surface area contributed by atoms with Gasteiger partial charge in [0.2, 0.25) is 0 Å². The molecule has 0 aliphatic rings. The van der Waals surface area contributed by atoms with Gasteiger partial charge in [-0.1, -0.05) is 127 Å². The topological polar surface area (TPSA) is 16.4 Å². The van der Waals surface area contributed by atoms with Gasteiger partial charge in [0.05, 0.1) is 5.69 Å². The van der Waals surface area contributed by atoms with Gasteiger partial charge in [-0.25, -0.2) is 0 Å². The van der Waals surface area contributed by atoms with Crippen LogP contribution in [0.3, 0.4) is 0 Å². The van der Waals surface area contributed by atoms with Crippen LogP contribution >= 0.6 is 0 Å². The van der Waals surface area contributed by atoms with Crippen LogP contribution in [-0.2, 0) is 0 Å². The number of nitrogens with zero attached hydrogens (tertiary/aromatic N) is 1. The van der Waals surface area contributed by atoms with E-state index in [1.807, 2.05) is 0 Å². The van der Waals surface area contributed by atoms with Gasteiger partial charge < -0.3 is 9.32 Å². The van der Waals surface area contributed by atoms with Gasteiger partial charge in [-0.05, 0) is 64.0 Å². The summed E-state index contributed by atoms with van der Waals surface area (Å²) in [7, 11) is 0. The lowest BCUT2D eigenvalue weighted by Crippen LogP contribution is -2.10. The summed E-state index contributed by atoms with van der Waals surface area (Å²) < 4.78 is 6.93. The molecule has 0 unspecified atom stereocenters. The minimum atomic E-state index is 0.874. The maximum Gasteiger partial charge on any atom is 0.160 e. The molecule has 0 N–H and O–H groups in total. The van der Waals surface area contributed by atoms with E-state index in [1.54, 1.807) is 0 Å². The Hall–Kier alpha value is -5.60. The highest BCUT2D eigenvalue weighted by molar-refractivity contribution is 6.21. The Morgan fingerprint density at radius 3 is 1.64 bits per heavy atom. The molecule has 8 aromatic rings. The zero-order valence-corrected chi connectivity index (χ0v) is 22.9. The number of furan rings is 1. The van der Waals surface area contributed by atoms with Crippen LogP contribution in [0.1, 0.15) is 0 Å². The third-order valence-corrected chi connectivity index (χ3v) is 8.06. The Bertz CT molecular complexity index is 2120. The summed E-state index contributed by atoms with van der Waals surface area (Å²) in [4.78, 5) is 2.29. The van der Waals surface area contributed by atoms with Gasteiger partial charge in [0.25, 0.3) is 0 Å². The lowest BCUT2D eigenvalue weighted by atomic mass is 9.95. The second kappa shape index (κ2) is 10.1. The van der Waals surface area contributed by atoms with Crippen LogP contribution in [0, 0.1) is 0 Å². The van der Waals surface area contributed by atoms with Crippen molar-refractivity contribution in [3.8, 4) is 22.3 Å². The molecule has 8 rings (SSSR count). The van der Waals surface area contributed by atoms with E-state index >= 15 is 0 Å². The molecule has 0 spiro atoms. The van der Waals surface area contributed by atoms with Crippen LogP contribution in [0.2, 0.25) is 0 Å². The average molecular weight is 538 g/mol. The summed E-state index contributed by atoms with van der Waals surface area (Å²) in [5.41, 5.74) is 9.69. The highest BCUT2D eigenvalue weighted by atomic mass is 16.3. The second-order valence-electron chi connectivity index (χ2n) is 10.6. The molecule has 0 fully saturated rings. The van der Waals surface area contributed by atoms with E-state index in [1.165, 1.54) is 16.5 Å². The third kappa shape index (κ3) is 4.05. The lowest BCUT2D eigenvalue weighted by Gasteiger charge is -2.25.